The molecule has 0 aliphatic rings. The maximum Gasteiger partial charge on any atom is 0.416 e. The van der Waals surface area contributed by atoms with Gasteiger partial charge in [0.1, 0.15) is 11.5 Å². The van der Waals surface area contributed by atoms with Crippen molar-refractivity contribution in [1.82, 2.24) is 0 Å². The second-order valence-corrected chi connectivity index (χ2v) is 8.02. The third-order valence-corrected chi connectivity index (χ3v) is 5.44. The predicted molar refractivity (Wildman–Crippen MR) is 137 cm³/mol. The van der Waals surface area contributed by atoms with Crippen molar-refractivity contribution >= 4 is 46.2 Å². The van der Waals surface area contributed by atoms with Crippen LogP contribution in [0.15, 0.2) is 60.7 Å². The van der Waals surface area contributed by atoms with Crippen molar-refractivity contribution < 1.29 is 32.2 Å². The van der Waals surface area contributed by atoms with E-state index in [0.29, 0.717) is 35.0 Å². The fraction of sp³-hybridized carbons (Fsp3) is 0.200. The van der Waals surface area contributed by atoms with Gasteiger partial charge in [-0.3, -0.25) is 9.59 Å². The molecule has 8 nitrogen and oxygen atoms in total. The molecule has 0 aromatic heterocycles. The molecule has 12 heteroatoms. The standard InChI is InChI=1S/C25H24ClF3N4O4/c1-36-18-7-3-16(4-8-18)30-13-22(34)32-20-11-15(25(27,28)29)12-21(24(20)26)33-23(35)14-31-17-5-9-19(37-2)10-6-17/h3-12,30-31H,13-14H2,1-2H3,(H,32,34)(H,33,35). The zero-order valence-corrected chi connectivity index (χ0v) is 20.6. The number of benzene rings is 3. The lowest BCUT2D eigenvalue weighted by Crippen LogP contribution is -2.24. The molecule has 0 radical (unpaired) electrons. The summed E-state index contributed by atoms with van der Waals surface area (Å²) in [7, 11) is 3.03. The molecular formula is C25H24ClF3N4O4. The quantitative estimate of drug-likeness (QED) is 0.274. The Bertz CT molecular complexity index is 1150. The third kappa shape index (κ3) is 7.94. The molecule has 0 spiro atoms. The number of anilines is 4. The van der Waals surface area contributed by atoms with E-state index in [1.165, 1.54) is 14.2 Å². The van der Waals surface area contributed by atoms with E-state index in [9.17, 15) is 22.8 Å². The van der Waals surface area contributed by atoms with Crippen molar-refractivity contribution in [2.24, 2.45) is 0 Å². The van der Waals surface area contributed by atoms with Gasteiger partial charge in [0.2, 0.25) is 11.8 Å². The van der Waals surface area contributed by atoms with Gasteiger partial charge < -0.3 is 30.7 Å². The highest BCUT2D eigenvalue weighted by molar-refractivity contribution is 6.37. The van der Waals surface area contributed by atoms with E-state index in [1.54, 1.807) is 48.5 Å². The molecule has 0 bridgehead atoms. The summed E-state index contributed by atoms with van der Waals surface area (Å²) >= 11 is 6.25. The normalized spacial score (nSPS) is 10.9. The highest BCUT2D eigenvalue weighted by Gasteiger charge is 2.32. The zero-order chi connectivity index (χ0) is 27.0. The van der Waals surface area contributed by atoms with Crippen molar-refractivity contribution in [3.63, 3.8) is 0 Å². The summed E-state index contributed by atoms with van der Waals surface area (Å²) in [5, 5.41) is 10.2. The van der Waals surface area contributed by atoms with Crippen LogP contribution in [0.3, 0.4) is 0 Å². The first-order chi connectivity index (χ1) is 17.6. The third-order valence-electron chi connectivity index (χ3n) is 5.03. The van der Waals surface area contributed by atoms with Gasteiger partial charge in [0, 0.05) is 11.4 Å². The molecule has 0 fully saturated rings. The first-order valence-electron chi connectivity index (χ1n) is 10.9. The molecule has 0 atom stereocenters. The predicted octanol–water partition coefficient (Wildman–Crippen LogP) is 5.48. The number of carbonyl (C=O) groups is 2. The van der Waals surface area contributed by atoms with Gasteiger partial charge in [0.25, 0.3) is 0 Å². The largest absolute Gasteiger partial charge is 0.497 e. The molecule has 3 aromatic rings. The van der Waals surface area contributed by atoms with Crippen molar-refractivity contribution in [1.29, 1.82) is 0 Å². The van der Waals surface area contributed by atoms with Crippen molar-refractivity contribution in [3.8, 4) is 11.5 Å². The van der Waals surface area contributed by atoms with E-state index < -0.39 is 23.6 Å². The summed E-state index contributed by atoms with van der Waals surface area (Å²) in [6.45, 7) is -0.487. The van der Waals surface area contributed by atoms with Gasteiger partial charge in [-0.15, -0.1) is 0 Å². The Morgan fingerprint density at radius 2 is 1.14 bits per heavy atom. The topological polar surface area (TPSA) is 101 Å². The number of carbonyl (C=O) groups excluding carboxylic acids is 2. The highest BCUT2D eigenvalue weighted by Crippen LogP contribution is 2.39. The van der Waals surface area contributed by atoms with Crippen LogP contribution >= 0.6 is 11.6 Å². The first-order valence-corrected chi connectivity index (χ1v) is 11.2. The second-order valence-electron chi connectivity index (χ2n) is 7.64. The minimum Gasteiger partial charge on any atom is -0.497 e. The van der Waals surface area contributed by atoms with E-state index in [4.69, 9.17) is 21.1 Å². The number of alkyl halides is 3. The molecule has 37 heavy (non-hydrogen) atoms. The minimum absolute atomic E-state index is 0.244. The monoisotopic (exact) mass is 536 g/mol. The van der Waals surface area contributed by atoms with Crippen LogP contribution < -0.4 is 30.7 Å². The lowest BCUT2D eigenvalue weighted by atomic mass is 10.1. The van der Waals surface area contributed by atoms with Crippen LogP contribution in [0.2, 0.25) is 5.02 Å². The molecule has 3 rings (SSSR count). The summed E-state index contributed by atoms with van der Waals surface area (Å²) in [6, 6.07) is 14.9. The zero-order valence-electron chi connectivity index (χ0n) is 19.8. The summed E-state index contributed by atoms with van der Waals surface area (Å²) in [5.41, 5.74) is -0.478. The van der Waals surface area contributed by atoms with Gasteiger partial charge in [-0.25, -0.2) is 0 Å². The maximum atomic E-state index is 13.5. The number of rotatable bonds is 10. The van der Waals surface area contributed by atoms with Gasteiger partial charge in [0.15, 0.2) is 0 Å². The molecule has 0 saturated heterocycles. The van der Waals surface area contributed by atoms with Crippen LogP contribution in [0.1, 0.15) is 5.56 Å². The Kier molecular flexibility index (Phi) is 9.07. The van der Waals surface area contributed by atoms with Gasteiger partial charge in [-0.2, -0.15) is 13.2 Å². The summed E-state index contributed by atoms with van der Waals surface area (Å²) in [4.78, 5) is 24.8. The lowest BCUT2D eigenvalue weighted by molar-refractivity contribution is -0.137. The molecule has 4 N–H and O–H groups in total. The van der Waals surface area contributed by atoms with Crippen LogP contribution in [0.25, 0.3) is 0 Å². The van der Waals surface area contributed by atoms with Crippen molar-refractivity contribution in [2.75, 3.05) is 48.6 Å². The summed E-state index contributed by atoms with van der Waals surface area (Å²) in [5.74, 6) is -0.0370. The molecule has 0 saturated carbocycles. The summed E-state index contributed by atoms with van der Waals surface area (Å²) < 4.78 is 50.6. The van der Waals surface area contributed by atoms with E-state index in [0.717, 1.165) is 0 Å². The van der Waals surface area contributed by atoms with Crippen LogP contribution in [-0.2, 0) is 15.8 Å². The molecule has 0 unspecified atom stereocenters. The van der Waals surface area contributed by atoms with E-state index in [-0.39, 0.29) is 29.5 Å². The van der Waals surface area contributed by atoms with Crippen molar-refractivity contribution in [3.05, 3.63) is 71.2 Å². The van der Waals surface area contributed by atoms with Crippen LogP contribution in [0.5, 0.6) is 11.5 Å². The van der Waals surface area contributed by atoms with Crippen LogP contribution in [0, 0.1) is 0 Å². The molecule has 2 amide bonds. The Labute approximate surface area is 216 Å². The Balaban J connectivity index is 1.69. The number of ether oxygens (including phenoxy) is 2. The van der Waals surface area contributed by atoms with Gasteiger partial charge in [-0.1, -0.05) is 11.6 Å². The second kappa shape index (κ2) is 12.2. The molecule has 0 aliphatic carbocycles. The number of nitrogens with one attached hydrogen (secondary N) is 4. The minimum atomic E-state index is -4.74. The van der Waals surface area contributed by atoms with Gasteiger partial charge in [-0.05, 0) is 60.7 Å². The number of hydrogen-bond acceptors (Lipinski definition) is 6. The number of methoxy groups -OCH3 is 2. The lowest BCUT2D eigenvalue weighted by Gasteiger charge is -2.17. The maximum absolute atomic E-state index is 13.5. The van der Waals surface area contributed by atoms with Gasteiger partial charge >= 0.3 is 6.18 Å². The van der Waals surface area contributed by atoms with E-state index in [1.807, 2.05) is 0 Å². The number of halogens is 4. The Morgan fingerprint density at radius 1 is 0.757 bits per heavy atom. The van der Waals surface area contributed by atoms with Crippen LogP contribution in [0.4, 0.5) is 35.9 Å². The Morgan fingerprint density at radius 3 is 1.46 bits per heavy atom. The smallest absolute Gasteiger partial charge is 0.416 e. The average molecular weight is 537 g/mol. The van der Waals surface area contributed by atoms with Crippen LogP contribution in [-0.4, -0.2) is 39.1 Å². The SMILES string of the molecule is COc1ccc(NCC(=O)Nc2cc(C(F)(F)F)cc(NC(=O)CNc3ccc(OC)cc3)c2Cl)cc1. The van der Waals surface area contributed by atoms with Crippen molar-refractivity contribution in [2.45, 2.75) is 6.18 Å². The molecule has 0 aliphatic heterocycles. The Hall–Kier alpha value is -4.12. The molecule has 3 aromatic carbocycles. The fourth-order valence-corrected chi connectivity index (χ4v) is 3.34. The van der Waals surface area contributed by atoms with Gasteiger partial charge in [0.05, 0.1) is 49.3 Å². The molecule has 196 valence electrons. The fourth-order valence-electron chi connectivity index (χ4n) is 3.14. The number of amides is 2. The highest BCUT2D eigenvalue weighted by atomic mass is 35.5. The summed E-state index contributed by atoms with van der Waals surface area (Å²) in [6.07, 6.45) is -4.74. The average Bonchev–Trinajstić information content (AvgIpc) is 2.88. The first kappa shape index (κ1) is 27.5. The molecule has 0 heterocycles. The van der Waals surface area contributed by atoms with E-state index in [2.05, 4.69) is 21.3 Å². The van der Waals surface area contributed by atoms with E-state index >= 15 is 0 Å². The molecular weight excluding hydrogens is 513 g/mol. The number of hydrogen-bond donors (Lipinski definition) is 4.